The highest BCUT2D eigenvalue weighted by Crippen LogP contribution is 2.28. The fourth-order valence-electron chi connectivity index (χ4n) is 2.53. The summed E-state index contributed by atoms with van der Waals surface area (Å²) >= 11 is 0. The van der Waals surface area contributed by atoms with Crippen molar-refractivity contribution in [2.45, 2.75) is 45.6 Å². The molecule has 1 aromatic heterocycles. The molecule has 0 aromatic carbocycles. The molecule has 1 saturated carbocycles. The molecule has 0 amide bonds. The standard InChI is InChI=1S/C12H20N4/c1-3-16(10-6-4-5-7-10)11-9(2)8-14-12(13)15-11/h8,10H,3-7H2,1-2H3,(H2,13,14,15). The Labute approximate surface area is 96.9 Å². The molecule has 0 saturated heterocycles. The Hall–Kier alpha value is -1.32. The Balaban J connectivity index is 2.28. The molecular formula is C12H20N4. The van der Waals surface area contributed by atoms with Crippen LogP contribution in [-0.2, 0) is 0 Å². The second-order valence-corrected chi connectivity index (χ2v) is 4.46. The van der Waals surface area contributed by atoms with Crippen molar-refractivity contribution in [2.75, 3.05) is 17.2 Å². The lowest BCUT2D eigenvalue weighted by Gasteiger charge is -2.29. The number of nitrogens with zero attached hydrogens (tertiary/aromatic N) is 3. The van der Waals surface area contributed by atoms with E-state index in [4.69, 9.17) is 5.73 Å². The molecule has 2 N–H and O–H groups in total. The number of aromatic nitrogens is 2. The summed E-state index contributed by atoms with van der Waals surface area (Å²) in [7, 11) is 0. The first-order chi connectivity index (χ1) is 7.72. The first-order valence-corrected chi connectivity index (χ1v) is 6.08. The molecule has 2 rings (SSSR count). The lowest BCUT2D eigenvalue weighted by atomic mass is 10.2. The molecule has 0 bridgehead atoms. The van der Waals surface area contributed by atoms with Gasteiger partial charge in [-0.1, -0.05) is 12.8 Å². The zero-order chi connectivity index (χ0) is 11.5. The highest BCUT2D eigenvalue weighted by molar-refractivity contribution is 5.48. The summed E-state index contributed by atoms with van der Waals surface area (Å²) in [6.45, 7) is 5.21. The zero-order valence-corrected chi connectivity index (χ0v) is 10.1. The average Bonchev–Trinajstić information content (AvgIpc) is 2.78. The number of hydrogen-bond donors (Lipinski definition) is 1. The van der Waals surface area contributed by atoms with E-state index in [2.05, 4.69) is 21.8 Å². The number of hydrogen-bond acceptors (Lipinski definition) is 4. The molecule has 1 aliphatic carbocycles. The van der Waals surface area contributed by atoms with Gasteiger partial charge in [0.1, 0.15) is 5.82 Å². The van der Waals surface area contributed by atoms with Crippen LogP contribution in [0.1, 0.15) is 38.2 Å². The molecule has 4 heteroatoms. The summed E-state index contributed by atoms with van der Waals surface area (Å²) in [5.41, 5.74) is 6.78. The summed E-state index contributed by atoms with van der Waals surface area (Å²) in [4.78, 5) is 10.8. The Morgan fingerprint density at radius 2 is 2.12 bits per heavy atom. The van der Waals surface area contributed by atoms with Crippen LogP contribution in [0, 0.1) is 6.92 Å². The second-order valence-electron chi connectivity index (χ2n) is 4.46. The van der Waals surface area contributed by atoms with Gasteiger partial charge in [0.25, 0.3) is 0 Å². The molecule has 16 heavy (non-hydrogen) atoms. The molecule has 4 nitrogen and oxygen atoms in total. The average molecular weight is 220 g/mol. The maximum absolute atomic E-state index is 5.67. The Morgan fingerprint density at radius 3 is 2.75 bits per heavy atom. The summed E-state index contributed by atoms with van der Waals surface area (Å²) in [5, 5.41) is 0. The largest absolute Gasteiger partial charge is 0.368 e. The van der Waals surface area contributed by atoms with Gasteiger partial charge in [0.2, 0.25) is 5.95 Å². The molecule has 0 unspecified atom stereocenters. The number of rotatable bonds is 3. The van der Waals surface area contributed by atoms with E-state index in [1.54, 1.807) is 0 Å². The van der Waals surface area contributed by atoms with Crippen molar-refractivity contribution in [2.24, 2.45) is 0 Å². The van der Waals surface area contributed by atoms with Crippen molar-refractivity contribution in [3.63, 3.8) is 0 Å². The van der Waals surface area contributed by atoms with Crippen LogP contribution >= 0.6 is 0 Å². The third kappa shape index (κ3) is 2.10. The normalized spacial score (nSPS) is 16.6. The lowest BCUT2D eigenvalue weighted by molar-refractivity contribution is 0.611. The quantitative estimate of drug-likeness (QED) is 0.848. The predicted molar refractivity (Wildman–Crippen MR) is 66.5 cm³/mol. The van der Waals surface area contributed by atoms with Gasteiger partial charge in [0.15, 0.2) is 0 Å². The van der Waals surface area contributed by atoms with Crippen molar-refractivity contribution in [3.8, 4) is 0 Å². The SMILES string of the molecule is CCN(c1nc(N)ncc1C)C1CCCC1. The number of aryl methyl sites for hydroxylation is 1. The van der Waals surface area contributed by atoms with Gasteiger partial charge in [-0.05, 0) is 26.7 Å². The summed E-state index contributed by atoms with van der Waals surface area (Å²) in [6, 6.07) is 0.637. The van der Waals surface area contributed by atoms with Crippen molar-refractivity contribution in [1.82, 2.24) is 9.97 Å². The smallest absolute Gasteiger partial charge is 0.221 e. The van der Waals surface area contributed by atoms with Crippen molar-refractivity contribution in [3.05, 3.63) is 11.8 Å². The first-order valence-electron chi connectivity index (χ1n) is 6.08. The van der Waals surface area contributed by atoms with Gasteiger partial charge in [-0.25, -0.2) is 4.98 Å². The molecule has 1 aliphatic rings. The van der Waals surface area contributed by atoms with Crippen molar-refractivity contribution in [1.29, 1.82) is 0 Å². The maximum atomic E-state index is 5.67. The minimum atomic E-state index is 0.372. The molecule has 1 heterocycles. The van der Waals surface area contributed by atoms with Crippen LogP contribution in [-0.4, -0.2) is 22.6 Å². The summed E-state index contributed by atoms with van der Waals surface area (Å²) < 4.78 is 0. The van der Waals surface area contributed by atoms with Crippen LogP contribution in [0.3, 0.4) is 0 Å². The van der Waals surface area contributed by atoms with Crippen LogP contribution in [0.4, 0.5) is 11.8 Å². The highest BCUT2D eigenvalue weighted by atomic mass is 15.2. The Morgan fingerprint density at radius 1 is 1.44 bits per heavy atom. The molecule has 0 spiro atoms. The van der Waals surface area contributed by atoms with Gasteiger partial charge < -0.3 is 10.6 Å². The fourth-order valence-corrected chi connectivity index (χ4v) is 2.53. The molecule has 1 aromatic rings. The van der Waals surface area contributed by atoms with Crippen molar-refractivity contribution < 1.29 is 0 Å². The van der Waals surface area contributed by atoms with E-state index in [9.17, 15) is 0 Å². The zero-order valence-electron chi connectivity index (χ0n) is 10.1. The van der Waals surface area contributed by atoms with Crippen LogP contribution in [0.25, 0.3) is 0 Å². The molecule has 1 fully saturated rings. The number of nitrogen functional groups attached to an aromatic ring is 1. The molecular weight excluding hydrogens is 200 g/mol. The fraction of sp³-hybridized carbons (Fsp3) is 0.667. The van der Waals surface area contributed by atoms with Gasteiger partial charge in [0, 0.05) is 24.3 Å². The Kier molecular flexibility index (Phi) is 3.27. The van der Waals surface area contributed by atoms with E-state index in [0.29, 0.717) is 12.0 Å². The lowest BCUT2D eigenvalue weighted by Crippen LogP contribution is -2.34. The molecule has 0 radical (unpaired) electrons. The topological polar surface area (TPSA) is 55.0 Å². The van der Waals surface area contributed by atoms with Gasteiger partial charge in [-0.15, -0.1) is 0 Å². The second kappa shape index (κ2) is 4.68. The molecule has 88 valence electrons. The van der Waals surface area contributed by atoms with E-state index in [-0.39, 0.29) is 0 Å². The van der Waals surface area contributed by atoms with E-state index < -0.39 is 0 Å². The van der Waals surface area contributed by atoms with Gasteiger partial charge in [-0.3, -0.25) is 0 Å². The van der Waals surface area contributed by atoms with Gasteiger partial charge >= 0.3 is 0 Å². The highest BCUT2D eigenvalue weighted by Gasteiger charge is 2.23. The van der Waals surface area contributed by atoms with E-state index in [0.717, 1.165) is 17.9 Å². The van der Waals surface area contributed by atoms with Crippen molar-refractivity contribution >= 4 is 11.8 Å². The number of anilines is 2. The van der Waals surface area contributed by atoms with Gasteiger partial charge in [-0.2, -0.15) is 4.98 Å². The van der Waals surface area contributed by atoms with Crippen LogP contribution in [0.5, 0.6) is 0 Å². The van der Waals surface area contributed by atoms with Crippen LogP contribution in [0.2, 0.25) is 0 Å². The van der Waals surface area contributed by atoms with E-state index in [1.807, 2.05) is 13.1 Å². The third-order valence-electron chi connectivity index (χ3n) is 3.34. The number of nitrogens with two attached hydrogens (primary N) is 1. The first kappa shape index (κ1) is 11.2. The Bertz CT molecular complexity index is 358. The summed E-state index contributed by atoms with van der Waals surface area (Å²) in [5.74, 6) is 1.39. The third-order valence-corrected chi connectivity index (χ3v) is 3.34. The summed E-state index contributed by atoms with van der Waals surface area (Å²) in [6.07, 6.45) is 7.03. The minimum absolute atomic E-state index is 0.372. The molecule has 0 atom stereocenters. The van der Waals surface area contributed by atoms with Crippen LogP contribution < -0.4 is 10.6 Å². The molecule has 0 aliphatic heterocycles. The predicted octanol–water partition coefficient (Wildman–Crippen LogP) is 2.14. The monoisotopic (exact) mass is 220 g/mol. The van der Waals surface area contributed by atoms with Gasteiger partial charge in [0.05, 0.1) is 0 Å². The van der Waals surface area contributed by atoms with Crippen LogP contribution in [0.15, 0.2) is 6.20 Å². The minimum Gasteiger partial charge on any atom is -0.368 e. The van der Waals surface area contributed by atoms with E-state index in [1.165, 1.54) is 25.7 Å². The maximum Gasteiger partial charge on any atom is 0.221 e. The van der Waals surface area contributed by atoms with E-state index >= 15 is 0 Å².